The normalized spacial score (nSPS) is 13.4. The molecule has 0 aliphatic carbocycles. The van der Waals surface area contributed by atoms with Gasteiger partial charge in [-0.15, -0.1) is 0 Å². The minimum atomic E-state index is -1.49. The average Bonchev–Trinajstić information content (AvgIpc) is 2.54. The summed E-state index contributed by atoms with van der Waals surface area (Å²) in [5, 5.41) is 12.4. The number of rotatable bonds is 6. The Kier molecular flexibility index (Phi) is 5.78. The third-order valence-corrected chi connectivity index (χ3v) is 3.38. The van der Waals surface area contributed by atoms with E-state index in [2.05, 4.69) is 5.32 Å². The SMILES string of the molecule is CO[C@H](C(=O)NC[C@H](O)c1c(F)cccc1F)c1ccccc1. The molecule has 0 aromatic heterocycles. The summed E-state index contributed by atoms with van der Waals surface area (Å²) < 4.78 is 32.3. The zero-order valence-corrected chi connectivity index (χ0v) is 12.5. The molecular formula is C17H17F2NO3. The number of ether oxygens (including phenoxy) is 1. The molecule has 2 rings (SSSR count). The number of nitrogens with one attached hydrogen (secondary N) is 1. The first-order chi connectivity index (χ1) is 11.0. The Morgan fingerprint density at radius 2 is 1.74 bits per heavy atom. The lowest BCUT2D eigenvalue weighted by molar-refractivity contribution is -0.131. The second-order valence-corrected chi connectivity index (χ2v) is 4.92. The van der Waals surface area contributed by atoms with Crippen LogP contribution < -0.4 is 5.32 Å². The lowest BCUT2D eigenvalue weighted by Crippen LogP contribution is -2.34. The summed E-state index contributed by atoms with van der Waals surface area (Å²) in [6.07, 6.45) is -2.36. The van der Waals surface area contributed by atoms with Crippen LogP contribution in [0.4, 0.5) is 8.78 Å². The van der Waals surface area contributed by atoms with E-state index in [-0.39, 0.29) is 6.54 Å². The second-order valence-electron chi connectivity index (χ2n) is 4.92. The zero-order chi connectivity index (χ0) is 16.8. The van der Waals surface area contributed by atoms with Gasteiger partial charge in [-0.05, 0) is 17.7 Å². The zero-order valence-electron chi connectivity index (χ0n) is 12.5. The first kappa shape index (κ1) is 17.1. The number of carbonyl (C=O) groups excluding carboxylic acids is 1. The Balaban J connectivity index is 2.03. The average molecular weight is 321 g/mol. The molecule has 23 heavy (non-hydrogen) atoms. The molecule has 0 fully saturated rings. The number of amides is 1. The molecule has 0 heterocycles. The van der Waals surface area contributed by atoms with E-state index in [9.17, 15) is 18.7 Å². The van der Waals surface area contributed by atoms with Crippen LogP contribution in [0, 0.1) is 11.6 Å². The van der Waals surface area contributed by atoms with Gasteiger partial charge >= 0.3 is 0 Å². The molecule has 0 bridgehead atoms. The summed E-state index contributed by atoms with van der Waals surface area (Å²) in [7, 11) is 1.38. The van der Waals surface area contributed by atoms with Crippen LogP contribution in [-0.4, -0.2) is 24.7 Å². The van der Waals surface area contributed by atoms with Crippen molar-refractivity contribution in [2.45, 2.75) is 12.2 Å². The number of hydrogen-bond acceptors (Lipinski definition) is 3. The monoisotopic (exact) mass is 321 g/mol. The van der Waals surface area contributed by atoms with Crippen molar-refractivity contribution in [3.05, 3.63) is 71.3 Å². The number of carbonyl (C=O) groups is 1. The smallest absolute Gasteiger partial charge is 0.253 e. The highest BCUT2D eigenvalue weighted by atomic mass is 19.1. The number of aliphatic hydroxyl groups is 1. The van der Waals surface area contributed by atoms with Gasteiger partial charge in [-0.3, -0.25) is 4.79 Å². The van der Waals surface area contributed by atoms with Crippen LogP contribution in [0.15, 0.2) is 48.5 Å². The highest BCUT2D eigenvalue weighted by molar-refractivity contribution is 5.82. The number of benzene rings is 2. The Labute approximate surface area is 132 Å². The maximum Gasteiger partial charge on any atom is 0.253 e. The van der Waals surface area contributed by atoms with Crippen molar-refractivity contribution in [1.82, 2.24) is 5.32 Å². The fourth-order valence-corrected chi connectivity index (χ4v) is 2.24. The Bertz CT molecular complexity index is 644. The highest BCUT2D eigenvalue weighted by Gasteiger charge is 2.23. The summed E-state index contributed by atoms with van der Waals surface area (Å²) in [6.45, 7) is -0.330. The van der Waals surface area contributed by atoms with Crippen molar-refractivity contribution in [2.75, 3.05) is 13.7 Å². The minimum absolute atomic E-state index is 0.330. The molecule has 2 atom stereocenters. The standard InChI is InChI=1S/C17H17F2NO3/c1-23-16(11-6-3-2-4-7-11)17(22)20-10-14(21)15-12(18)8-5-9-13(15)19/h2-9,14,16,21H,10H2,1H3,(H,20,22)/t14-,16-/m0/s1. The van der Waals surface area contributed by atoms with Gasteiger partial charge in [0.15, 0.2) is 6.10 Å². The van der Waals surface area contributed by atoms with Crippen molar-refractivity contribution in [2.24, 2.45) is 0 Å². The predicted molar refractivity (Wildman–Crippen MR) is 80.5 cm³/mol. The van der Waals surface area contributed by atoms with Gasteiger partial charge in [0.05, 0.1) is 5.56 Å². The molecule has 1 amide bonds. The molecule has 6 heteroatoms. The van der Waals surface area contributed by atoms with E-state index in [4.69, 9.17) is 4.74 Å². The van der Waals surface area contributed by atoms with Gasteiger partial charge in [0.1, 0.15) is 17.7 Å². The number of aliphatic hydroxyl groups excluding tert-OH is 1. The van der Waals surface area contributed by atoms with Crippen molar-refractivity contribution in [3.63, 3.8) is 0 Å². The van der Waals surface area contributed by atoms with E-state index in [1.165, 1.54) is 13.2 Å². The maximum atomic E-state index is 13.6. The van der Waals surface area contributed by atoms with Crippen molar-refractivity contribution >= 4 is 5.91 Å². The van der Waals surface area contributed by atoms with E-state index >= 15 is 0 Å². The van der Waals surface area contributed by atoms with Crippen LogP contribution in [0.3, 0.4) is 0 Å². The van der Waals surface area contributed by atoms with Crippen LogP contribution in [0.25, 0.3) is 0 Å². The van der Waals surface area contributed by atoms with Crippen LogP contribution in [0.2, 0.25) is 0 Å². The lowest BCUT2D eigenvalue weighted by Gasteiger charge is -2.18. The van der Waals surface area contributed by atoms with E-state index < -0.39 is 35.3 Å². The number of halogens is 2. The predicted octanol–water partition coefficient (Wildman–Crippen LogP) is 2.50. The molecule has 0 aliphatic heterocycles. The van der Waals surface area contributed by atoms with Gasteiger partial charge in [0, 0.05) is 13.7 Å². The van der Waals surface area contributed by atoms with Crippen molar-refractivity contribution in [3.8, 4) is 0 Å². The Hall–Kier alpha value is -2.31. The Morgan fingerprint density at radius 1 is 1.13 bits per heavy atom. The van der Waals surface area contributed by atoms with Gasteiger partial charge in [0.2, 0.25) is 0 Å². The minimum Gasteiger partial charge on any atom is -0.386 e. The van der Waals surface area contributed by atoms with Gasteiger partial charge in [0.25, 0.3) is 5.91 Å². The molecule has 0 radical (unpaired) electrons. The topological polar surface area (TPSA) is 58.6 Å². The molecule has 0 saturated carbocycles. The van der Waals surface area contributed by atoms with Gasteiger partial charge in [-0.2, -0.15) is 0 Å². The molecule has 0 aliphatic rings. The molecule has 4 nitrogen and oxygen atoms in total. The third kappa shape index (κ3) is 4.12. The summed E-state index contributed by atoms with van der Waals surface area (Å²) in [6, 6.07) is 12.1. The summed E-state index contributed by atoms with van der Waals surface area (Å²) in [4.78, 5) is 12.1. The van der Waals surface area contributed by atoms with Crippen LogP contribution in [0.1, 0.15) is 23.3 Å². The van der Waals surface area contributed by atoms with Crippen LogP contribution in [-0.2, 0) is 9.53 Å². The van der Waals surface area contributed by atoms with E-state index in [1.807, 2.05) is 0 Å². The molecule has 2 aromatic rings. The maximum absolute atomic E-state index is 13.6. The Morgan fingerprint density at radius 3 is 2.30 bits per heavy atom. The van der Waals surface area contributed by atoms with E-state index in [0.29, 0.717) is 5.56 Å². The fourth-order valence-electron chi connectivity index (χ4n) is 2.24. The third-order valence-electron chi connectivity index (χ3n) is 3.38. The number of hydrogen-bond donors (Lipinski definition) is 2. The molecule has 2 aromatic carbocycles. The molecule has 0 saturated heterocycles. The van der Waals surface area contributed by atoms with Gasteiger partial charge in [-0.25, -0.2) is 8.78 Å². The molecular weight excluding hydrogens is 304 g/mol. The van der Waals surface area contributed by atoms with Crippen molar-refractivity contribution in [1.29, 1.82) is 0 Å². The van der Waals surface area contributed by atoms with Crippen LogP contribution >= 0.6 is 0 Å². The first-order valence-corrected chi connectivity index (χ1v) is 7.02. The molecule has 0 spiro atoms. The largest absolute Gasteiger partial charge is 0.386 e. The molecule has 2 N–H and O–H groups in total. The fraction of sp³-hybridized carbons (Fsp3) is 0.235. The molecule has 122 valence electrons. The highest BCUT2D eigenvalue weighted by Crippen LogP contribution is 2.21. The van der Waals surface area contributed by atoms with Crippen LogP contribution in [0.5, 0.6) is 0 Å². The lowest BCUT2D eigenvalue weighted by atomic mass is 10.1. The van der Waals surface area contributed by atoms with Gasteiger partial charge in [-0.1, -0.05) is 36.4 Å². The van der Waals surface area contributed by atoms with E-state index in [1.54, 1.807) is 30.3 Å². The quantitative estimate of drug-likeness (QED) is 0.859. The molecule has 0 unspecified atom stereocenters. The summed E-state index contributed by atoms with van der Waals surface area (Å²) >= 11 is 0. The summed E-state index contributed by atoms with van der Waals surface area (Å²) in [5.74, 6) is -2.23. The summed E-state index contributed by atoms with van der Waals surface area (Å²) in [5.41, 5.74) is 0.167. The number of methoxy groups -OCH3 is 1. The van der Waals surface area contributed by atoms with Crippen molar-refractivity contribution < 1.29 is 23.4 Å². The first-order valence-electron chi connectivity index (χ1n) is 7.02. The van der Waals surface area contributed by atoms with E-state index in [0.717, 1.165) is 12.1 Å². The van der Waals surface area contributed by atoms with Gasteiger partial charge < -0.3 is 15.2 Å². The second kappa shape index (κ2) is 7.80.